The second-order valence-electron chi connectivity index (χ2n) is 10.2. The molecule has 6 N–H and O–H groups in total. The van der Waals surface area contributed by atoms with Crippen molar-refractivity contribution in [2.45, 2.75) is 38.3 Å². The van der Waals surface area contributed by atoms with Crippen LogP contribution in [0.15, 0.2) is 30.5 Å². The molecule has 0 aromatic carbocycles. The largest absolute Gasteiger partial charge is 0.504 e. The third-order valence-corrected chi connectivity index (χ3v) is 8.20. The van der Waals surface area contributed by atoms with Gasteiger partial charge in [0.15, 0.2) is 34.1 Å². The lowest BCUT2D eigenvalue weighted by molar-refractivity contribution is 0.0491. The van der Waals surface area contributed by atoms with E-state index in [9.17, 15) is 14.7 Å². The van der Waals surface area contributed by atoms with Gasteiger partial charge in [0.25, 0.3) is 11.8 Å². The van der Waals surface area contributed by atoms with Gasteiger partial charge in [-0.05, 0) is 43.5 Å². The Bertz CT molecular complexity index is 1480. The normalized spacial score (nSPS) is 18.2. The van der Waals surface area contributed by atoms with E-state index in [4.69, 9.17) is 34.7 Å². The van der Waals surface area contributed by atoms with Crippen LogP contribution in [0.3, 0.4) is 0 Å². The Kier molecular flexibility index (Phi) is 8.80. The summed E-state index contributed by atoms with van der Waals surface area (Å²) in [6.07, 6.45) is 4.01. The number of rotatable bonds is 6. The number of aromatic hydroxyl groups is 1. The van der Waals surface area contributed by atoms with E-state index in [2.05, 4.69) is 37.1 Å². The molecule has 2 saturated heterocycles. The highest BCUT2D eigenvalue weighted by atomic mass is 35.5. The molecule has 0 unspecified atom stereocenters. The van der Waals surface area contributed by atoms with Crippen LogP contribution in [-0.4, -0.2) is 91.5 Å². The van der Waals surface area contributed by atoms with Crippen molar-refractivity contribution < 1.29 is 14.7 Å². The Morgan fingerprint density at radius 3 is 2.50 bits per heavy atom. The molecule has 2 aliphatic rings. The fraction of sp³-hybridized carbons (Fsp3) is 0.407. The lowest BCUT2D eigenvalue weighted by Gasteiger charge is -2.47. The number of hydrogen-bond donors (Lipinski definition) is 4. The van der Waals surface area contributed by atoms with Crippen molar-refractivity contribution in [3.8, 4) is 5.75 Å². The van der Waals surface area contributed by atoms with Gasteiger partial charge in [-0.2, -0.15) is 0 Å². The Morgan fingerprint density at radius 2 is 1.81 bits per heavy atom. The molecule has 2 amide bonds. The van der Waals surface area contributed by atoms with E-state index in [1.807, 2.05) is 9.80 Å². The zero-order chi connectivity index (χ0) is 30.0. The van der Waals surface area contributed by atoms with Gasteiger partial charge in [-0.1, -0.05) is 30.1 Å². The highest BCUT2D eigenvalue weighted by Gasteiger charge is 2.35. The fourth-order valence-electron chi connectivity index (χ4n) is 5.55. The quantitative estimate of drug-likeness (QED) is 0.300. The third kappa shape index (κ3) is 6.13. The molecule has 0 radical (unpaired) electrons. The average molecular weight is 616 g/mol. The molecule has 3 aromatic rings. The Hall–Kier alpha value is -3.94. The molecule has 5 rings (SSSR count). The van der Waals surface area contributed by atoms with Crippen LogP contribution in [0.25, 0.3) is 0 Å². The molecule has 0 aliphatic carbocycles. The highest BCUT2D eigenvalue weighted by molar-refractivity contribution is 6.32. The topological polar surface area (TPSA) is 180 Å². The summed E-state index contributed by atoms with van der Waals surface area (Å²) < 4.78 is 0. The number of nitrogens with two attached hydrogens (primary N) is 2. The molecular weight excluding hydrogens is 583 g/mol. The van der Waals surface area contributed by atoms with E-state index in [-0.39, 0.29) is 51.2 Å². The second kappa shape index (κ2) is 12.5. The number of nitrogens with zero attached hydrogens (tertiary/aromatic N) is 7. The Labute approximate surface area is 252 Å². The lowest BCUT2D eigenvalue weighted by Crippen LogP contribution is -2.58. The van der Waals surface area contributed by atoms with E-state index in [0.29, 0.717) is 43.6 Å². The third-order valence-electron chi connectivity index (χ3n) is 7.74. The summed E-state index contributed by atoms with van der Waals surface area (Å²) in [6, 6.07) is 6.67. The number of hydrogen-bond acceptors (Lipinski definition) is 11. The standard InChI is InChI=1S/C27H32Cl2N10O3/c1-2-15-14-38(25-21(29)34-20(23(31)35-25)26(41)36-24-18(40)4-3-9-32-24)12-13-39(15)16-7-10-37(11-8-16)27(42)17-5-6-19(28)33-22(17)30/h3-6,9,15-16,40H,2,7-8,10-14H2,1H3,(H2,30,33)(H2,31,35)(H,32,36,41)/t15-/m0/s1. The Balaban J connectivity index is 1.22. The second-order valence-corrected chi connectivity index (χ2v) is 11.0. The molecule has 2 fully saturated rings. The van der Waals surface area contributed by atoms with Crippen molar-refractivity contribution in [3.05, 3.63) is 52.0 Å². The molecule has 0 saturated carbocycles. The van der Waals surface area contributed by atoms with Gasteiger partial charge in [-0.15, -0.1) is 0 Å². The Morgan fingerprint density at radius 1 is 1.05 bits per heavy atom. The minimum atomic E-state index is -0.682. The molecule has 2 aliphatic heterocycles. The van der Waals surface area contributed by atoms with E-state index < -0.39 is 5.91 Å². The van der Waals surface area contributed by atoms with Crippen LogP contribution in [0.4, 0.5) is 23.3 Å². The van der Waals surface area contributed by atoms with Crippen LogP contribution in [0.1, 0.15) is 47.0 Å². The van der Waals surface area contributed by atoms with Crippen molar-refractivity contribution in [2.24, 2.45) is 0 Å². The molecular formula is C27H32Cl2N10O3. The zero-order valence-electron chi connectivity index (χ0n) is 23.0. The fourth-order valence-corrected chi connectivity index (χ4v) is 5.95. The van der Waals surface area contributed by atoms with Crippen LogP contribution in [-0.2, 0) is 0 Å². The number of carbonyl (C=O) groups excluding carboxylic acids is 2. The molecule has 3 aromatic heterocycles. The number of halogens is 2. The van der Waals surface area contributed by atoms with Crippen LogP contribution in [0.2, 0.25) is 10.3 Å². The van der Waals surface area contributed by atoms with Gasteiger partial charge in [0.1, 0.15) is 11.0 Å². The van der Waals surface area contributed by atoms with Gasteiger partial charge in [-0.3, -0.25) is 14.5 Å². The van der Waals surface area contributed by atoms with Crippen LogP contribution < -0.4 is 21.7 Å². The summed E-state index contributed by atoms with van der Waals surface area (Å²) in [5.74, 6) is -0.549. The molecule has 0 bridgehead atoms. The summed E-state index contributed by atoms with van der Waals surface area (Å²) in [5, 5.41) is 12.7. The van der Waals surface area contributed by atoms with Crippen molar-refractivity contribution in [1.82, 2.24) is 29.7 Å². The lowest BCUT2D eigenvalue weighted by atomic mass is 9.97. The number of nitrogens with one attached hydrogen (secondary N) is 1. The first-order valence-corrected chi connectivity index (χ1v) is 14.4. The molecule has 13 nitrogen and oxygen atoms in total. The van der Waals surface area contributed by atoms with Crippen molar-refractivity contribution in [2.75, 3.05) is 54.4 Å². The first-order valence-electron chi connectivity index (χ1n) is 13.7. The summed E-state index contributed by atoms with van der Waals surface area (Å²) in [4.78, 5) is 48.8. The monoisotopic (exact) mass is 614 g/mol. The number of likely N-dealkylation sites (tertiary alicyclic amines) is 1. The highest BCUT2D eigenvalue weighted by Crippen LogP contribution is 2.30. The minimum absolute atomic E-state index is 0.0212. The van der Waals surface area contributed by atoms with Gasteiger partial charge in [0, 0.05) is 51.0 Å². The maximum atomic E-state index is 13.0. The number of pyridine rings is 2. The molecule has 1 atom stereocenters. The zero-order valence-corrected chi connectivity index (χ0v) is 24.5. The van der Waals surface area contributed by atoms with Crippen LogP contribution in [0.5, 0.6) is 5.75 Å². The molecule has 222 valence electrons. The first kappa shape index (κ1) is 29.5. The predicted octanol–water partition coefficient (Wildman–Crippen LogP) is 2.90. The summed E-state index contributed by atoms with van der Waals surface area (Å²) in [5.41, 5.74) is 12.3. The van der Waals surface area contributed by atoms with Gasteiger partial charge in [0.05, 0.1) is 5.56 Å². The first-order chi connectivity index (χ1) is 20.2. The molecule has 0 spiro atoms. The van der Waals surface area contributed by atoms with E-state index in [1.54, 1.807) is 12.1 Å². The van der Waals surface area contributed by atoms with Gasteiger partial charge in [0.2, 0.25) is 0 Å². The maximum absolute atomic E-state index is 13.0. The number of anilines is 4. The van der Waals surface area contributed by atoms with Crippen molar-refractivity contribution in [3.63, 3.8) is 0 Å². The minimum Gasteiger partial charge on any atom is -0.504 e. The smallest absolute Gasteiger partial charge is 0.279 e. The van der Waals surface area contributed by atoms with Crippen LogP contribution >= 0.6 is 23.2 Å². The van der Waals surface area contributed by atoms with E-state index >= 15 is 0 Å². The number of aromatic nitrogens is 4. The maximum Gasteiger partial charge on any atom is 0.279 e. The number of nitrogen functional groups attached to an aromatic ring is 2. The number of piperazine rings is 1. The van der Waals surface area contributed by atoms with Crippen LogP contribution in [0, 0.1) is 0 Å². The average Bonchev–Trinajstić information content (AvgIpc) is 2.98. The number of piperidine rings is 1. The summed E-state index contributed by atoms with van der Waals surface area (Å²) >= 11 is 12.4. The molecule has 5 heterocycles. The number of carbonyl (C=O) groups is 2. The van der Waals surface area contributed by atoms with Crippen molar-refractivity contribution in [1.29, 1.82) is 0 Å². The van der Waals surface area contributed by atoms with Gasteiger partial charge >= 0.3 is 0 Å². The molecule has 15 heteroatoms. The van der Waals surface area contributed by atoms with E-state index in [1.165, 1.54) is 18.3 Å². The van der Waals surface area contributed by atoms with E-state index in [0.717, 1.165) is 25.8 Å². The molecule has 42 heavy (non-hydrogen) atoms. The van der Waals surface area contributed by atoms with Gasteiger partial charge < -0.3 is 31.7 Å². The SMILES string of the molecule is CC[C@H]1CN(c2nc(N)c(C(=O)Nc3ncccc3O)nc2Cl)CCN1C1CCN(C(=O)c2ccc(Cl)nc2N)CC1. The van der Waals surface area contributed by atoms with Gasteiger partial charge in [-0.25, -0.2) is 19.9 Å². The summed E-state index contributed by atoms with van der Waals surface area (Å²) in [7, 11) is 0. The number of amides is 2. The summed E-state index contributed by atoms with van der Waals surface area (Å²) in [6.45, 7) is 5.45. The predicted molar refractivity (Wildman–Crippen MR) is 161 cm³/mol. The van der Waals surface area contributed by atoms with Crippen molar-refractivity contribution >= 4 is 58.3 Å².